The highest BCUT2D eigenvalue weighted by molar-refractivity contribution is 9.10. The number of nitrogens with two attached hydrogens (primary N) is 1. The van der Waals surface area contributed by atoms with Gasteiger partial charge in [0.15, 0.2) is 0 Å². The number of benzene rings is 1. The summed E-state index contributed by atoms with van der Waals surface area (Å²) in [5.74, 6) is -0.302. The molecule has 2 amide bonds. The molecule has 0 spiro atoms. The molecule has 5 nitrogen and oxygen atoms in total. The molecular formula is C17H24BrN3O2. The molecule has 126 valence electrons. The normalized spacial score (nSPS) is 18.4. The fraction of sp³-hybridized carbons (Fsp3) is 0.529. The van der Waals surface area contributed by atoms with Crippen LogP contribution in [-0.4, -0.2) is 43.4 Å². The van der Waals surface area contributed by atoms with Crippen LogP contribution in [0, 0.1) is 11.3 Å². The van der Waals surface area contributed by atoms with Crippen LogP contribution in [0.5, 0.6) is 0 Å². The van der Waals surface area contributed by atoms with E-state index in [1.165, 1.54) is 0 Å². The topological polar surface area (TPSA) is 66.6 Å². The van der Waals surface area contributed by atoms with Gasteiger partial charge >= 0.3 is 0 Å². The van der Waals surface area contributed by atoms with E-state index in [0.717, 1.165) is 10.2 Å². The Morgan fingerprint density at radius 3 is 2.70 bits per heavy atom. The van der Waals surface area contributed by atoms with Gasteiger partial charge in [-0.3, -0.25) is 9.59 Å². The molecule has 1 heterocycles. The summed E-state index contributed by atoms with van der Waals surface area (Å²) in [6, 6.07) is 7.57. The molecule has 0 bridgehead atoms. The van der Waals surface area contributed by atoms with Crippen LogP contribution in [0.25, 0.3) is 0 Å². The molecule has 1 aromatic rings. The maximum Gasteiger partial charge on any atom is 0.227 e. The van der Waals surface area contributed by atoms with Gasteiger partial charge in [-0.05, 0) is 40.0 Å². The van der Waals surface area contributed by atoms with Crippen LogP contribution in [0.3, 0.4) is 0 Å². The van der Waals surface area contributed by atoms with E-state index in [0.29, 0.717) is 19.6 Å². The van der Waals surface area contributed by atoms with Crippen molar-refractivity contribution in [3.63, 3.8) is 0 Å². The molecule has 1 aliphatic rings. The molecule has 1 atom stereocenters. The second-order valence-electron chi connectivity index (χ2n) is 6.92. The fourth-order valence-corrected chi connectivity index (χ4v) is 3.37. The van der Waals surface area contributed by atoms with Gasteiger partial charge in [-0.2, -0.15) is 0 Å². The summed E-state index contributed by atoms with van der Waals surface area (Å²) >= 11 is 3.47. The van der Waals surface area contributed by atoms with E-state index in [1.54, 1.807) is 16.8 Å². The second-order valence-corrected chi connectivity index (χ2v) is 7.77. The van der Waals surface area contributed by atoms with Crippen molar-refractivity contribution in [1.82, 2.24) is 4.90 Å². The van der Waals surface area contributed by atoms with Crippen molar-refractivity contribution in [2.75, 3.05) is 31.6 Å². The van der Waals surface area contributed by atoms with Gasteiger partial charge < -0.3 is 15.5 Å². The Hall–Kier alpha value is -1.40. The van der Waals surface area contributed by atoms with E-state index in [1.807, 2.05) is 38.1 Å². The molecule has 1 unspecified atom stereocenters. The third-order valence-corrected chi connectivity index (χ3v) is 4.88. The zero-order valence-electron chi connectivity index (χ0n) is 13.9. The molecule has 1 fully saturated rings. The number of para-hydroxylation sites is 1. The first-order chi connectivity index (χ1) is 10.7. The van der Waals surface area contributed by atoms with Crippen LogP contribution in [0.4, 0.5) is 5.69 Å². The average molecular weight is 382 g/mol. The Kier molecular flexibility index (Phi) is 5.47. The van der Waals surface area contributed by atoms with Crippen molar-refractivity contribution in [2.45, 2.75) is 20.3 Å². The van der Waals surface area contributed by atoms with Gasteiger partial charge in [0.2, 0.25) is 11.8 Å². The van der Waals surface area contributed by atoms with Gasteiger partial charge in [0.1, 0.15) is 0 Å². The van der Waals surface area contributed by atoms with Crippen molar-refractivity contribution in [3.05, 3.63) is 28.7 Å². The largest absolute Gasteiger partial charge is 0.345 e. The highest BCUT2D eigenvalue weighted by atomic mass is 79.9. The number of amides is 2. The molecule has 2 rings (SSSR count). The first-order valence-corrected chi connectivity index (χ1v) is 8.54. The molecule has 1 aromatic carbocycles. The van der Waals surface area contributed by atoms with Crippen LogP contribution >= 0.6 is 15.9 Å². The molecule has 0 radical (unpaired) electrons. The van der Waals surface area contributed by atoms with Crippen molar-refractivity contribution >= 4 is 33.4 Å². The Bertz CT molecular complexity index is 603. The lowest BCUT2D eigenvalue weighted by Crippen LogP contribution is -2.42. The zero-order valence-corrected chi connectivity index (χ0v) is 15.5. The maximum atomic E-state index is 12.6. The highest BCUT2D eigenvalue weighted by Crippen LogP contribution is 2.32. The standard InChI is InChI=1S/C17H24BrN3O2/c1-17(2,10-19)11-20(3)16(23)12-8-15(22)21(9-12)14-7-5-4-6-13(14)18/h4-7,12H,8-11,19H2,1-3H3. The summed E-state index contributed by atoms with van der Waals surface area (Å²) in [5.41, 5.74) is 6.43. The molecule has 2 N–H and O–H groups in total. The van der Waals surface area contributed by atoms with Crippen molar-refractivity contribution < 1.29 is 9.59 Å². The zero-order chi connectivity index (χ0) is 17.2. The third kappa shape index (κ3) is 4.12. The molecule has 0 aromatic heterocycles. The minimum Gasteiger partial charge on any atom is -0.345 e. The predicted molar refractivity (Wildman–Crippen MR) is 95.1 cm³/mol. The molecule has 6 heteroatoms. The second kappa shape index (κ2) is 7.01. The SMILES string of the molecule is CN(CC(C)(C)CN)C(=O)C1CC(=O)N(c2ccccc2Br)C1. The Morgan fingerprint density at radius 1 is 1.43 bits per heavy atom. The predicted octanol–water partition coefficient (Wildman–Crippen LogP) is 2.25. The number of anilines is 1. The Morgan fingerprint density at radius 2 is 2.09 bits per heavy atom. The van der Waals surface area contributed by atoms with Gasteiger partial charge in [-0.1, -0.05) is 26.0 Å². The summed E-state index contributed by atoms with van der Waals surface area (Å²) in [7, 11) is 1.78. The lowest BCUT2D eigenvalue weighted by Gasteiger charge is -2.30. The lowest BCUT2D eigenvalue weighted by molar-refractivity contribution is -0.135. The van der Waals surface area contributed by atoms with E-state index >= 15 is 0 Å². The van der Waals surface area contributed by atoms with Crippen LogP contribution in [-0.2, 0) is 9.59 Å². The number of rotatable bonds is 5. The van der Waals surface area contributed by atoms with Gasteiger partial charge in [0, 0.05) is 31.0 Å². The molecular weight excluding hydrogens is 358 g/mol. The van der Waals surface area contributed by atoms with Crippen LogP contribution < -0.4 is 10.6 Å². The Labute approximate surface area is 145 Å². The fourth-order valence-electron chi connectivity index (χ4n) is 2.87. The summed E-state index contributed by atoms with van der Waals surface area (Å²) in [6.07, 6.45) is 0.258. The summed E-state index contributed by atoms with van der Waals surface area (Å²) in [6.45, 7) is 5.58. The monoisotopic (exact) mass is 381 g/mol. The number of nitrogens with zero attached hydrogens (tertiary/aromatic N) is 2. The summed E-state index contributed by atoms with van der Waals surface area (Å²) in [4.78, 5) is 28.4. The first kappa shape index (κ1) is 17.9. The van der Waals surface area contributed by atoms with Crippen molar-refractivity contribution in [3.8, 4) is 0 Å². The Balaban J connectivity index is 2.08. The van der Waals surface area contributed by atoms with E-state index in [9.17, 15) is 9.59 Å². The number of halogens is 1. The van der Waals surface area contributed by atoms with Gasteiger partial charge in [-0.15, -0.1) is 0 Å². The van der Waals surface area contributed by atoms with E-state index in [4.69, 9.17) is 5.73 Å². The highest BCUT2D eigenvalue weighted by Gasteiger charge is 2.37. The molecule has 1 aliphatic heterocycles. The first-order valence-electron chi connectivity index (χ1n) is 7.75. The quantitative estimate of drug-likeness (QED) is 0.850. The van der Waals surface area contributed by atoms with E-state index < -0.39 is 0 Å². The molecule has 1 saturated heterocycles. The summed E-state index contributed by atoms with van der Waals surface area (Å²) in [5, 5.41) is 0. The molecule has 0 saturated carbocycles. The van der Waals surface area contributed by atoms with E-state index in [-0.39, 0.29) is 29.6 Å². The van der Waals surface area contributed by atoms with Crippen molar-refractivity contribution in [2.24, 2.45) is 17.1 Å². The van der Waals surface area contributed by atoms with Crippen LogP contribution in [0.2, 0.25) is 0 Å². The third-order valence-electron chi connectivity index (χ3n) is 4.21. The number of hydrogen-bond donors (Lipinski definition) is 1. The van der Waals surface area contributed by atoms with Crippen LogP contribution in [0.15, 0.2) is 28.7 Å². The van der Waals surface area contributed by atoms with Gasteiger partial charge in [-0.25, -0.2) is 0 Å². The summed E-state index contributed by atoms with van der Waals surface area (Å²) < 4.78 is 0.860. The smallest absolute Gasteiger partial charge is 0.227 e. The van der Waals surface area contributed by atoms with Crippen molar-refractivity contribution in [1.29, 1.82) is 0 Å². The van der Waals surface area contributed by atoms with Gasteiger partial charge in [0.25, 0.3) is 0 Å². The van der Waals surface area contributed by atoms with Gasteiger partial charge in [0.05, 0.1) is 11.6 Å². The minimum atomic E-state index is -0.298. The van der Waals surface area contributed by atoms with E-state index in [2.05, 4.69) is 15.9 Å². The number of hydrogen-bond acceptors (Lipinski definition) is 3. The lowest BCUT2D eigenvalue weighted by atomic mass is 9.92. The minimum absolute atomic E-state index is 0.00873. The number of carbonyl (C=O) groups is 2. The molecule has 0 aliphatic carbocycles. The maximum absolute atomic E-state index is 12.6. The van der Waals surface area contributed by atoms with Crippen LogP contribution in [0.1, 0.15) is 20.3 Å². The molecule has 23 heavy (non-hydrogen) atoms. The number of carbonyl (C=O) groups excluding carboxylic acids is 2. The average Bonchev–Trinajstić information content (AvgIpc) is 2.88.